The summed E-state index contributed by atoms with van der Waals surface area (Å²) in [4.78, 5) is 147. The van der Waals surface area contributed by atoms with Gasteiger partial charge in [-0.1, -0.05) is 189 Å². The molecule has 10 aromatic carbocycles. The highest BCUT2D eigenvalue weighted by atomic mass is 32.2. The van der Waals surface area contributed by atoms with Gasteiger partial charge in [-0.05, 0) is 127 Å². The molecule has 0 N–H and O–H groups in total. The summed E-state index contributed by atoms with van der Waals surface area (Å²) >= 11 is 1.11. The van der Waals surface area contributed by atoms with E-state index >= 15 is 18.9 Å². The number of hydrogen-bond acceptors (Lipinski definition) is 28. The maximum atomic E-state index is 16.4. The third-order valence-electron chi connectivity index (χ3n) is 19.4. The summed E-state index contributed by atoms with van der Waals surface area (Å²) in [6.45, 7) is -0.918. The van der Waals surface area contributed by atoms with Crippen molar-refractivity contribution in [3.05, 3.63) is 359 Å². The highest BCUT2D eigenvalue weighted by Gasteiger charge is 2.60. The Balaban J connectivity index is 0.943. The maximum absolute atomic E-state index is 16.4. The summed E-state index contributed by atoms with van der Waals surface area (Å²) in [5.41, 5.74) is -1.46. The van der Waals surface area contributed by atoms with E-state index in [9.17, 15) is 33.6 Å². The largest absolute Gasteiger partial charge is 0.459 e. The van der Waals surface area contributed by atoms with Gasteiger partial charge in [0.15, 0.2) is 55.1 Å². The average molecular weight is 1680 g/mol. The van der Waals surface area contributed by atoms with Crippen molar-refractivity contribution in [1.82, 2.24) is 0 Å². The first kappa shape index (κ1) is 86.1. The third-order valence-corrected chi connectivity index (χ3v) is 22.4. The van der Waals surface area contributed by atoms with Crippen LogP contribution in [-0.2, 0) is 79.9 Å². The number of thioether (sulfide) groups is 1. The molecule has 13 rings (SSSR count). The van der Waals surface area contributed by atoms with Crippen LogP contribution in [0, 0.1) is 0 Å². The summed E-state index contributed by atoms with van der Waals surface area (Å²) in [6, 6.07) is 76.3. The minimum Gasteiger partial charge on any atom is -0.459 e. The molecule has 3 fully saturated rings. The van der Waals surface area contributed by atoms with E-state index < -0.39 is 184 Å². The van der Waals surface area contributed by atoms with Gasteiger partial charge in [0, 0.05) is 7.11 Å². The SMILES string of the molecule is CCS[C@@H]1O[C@H](COP(=O)(C[C@H]2O[C@H](COC(=O)c3ccccc3)[C@@H](O[C@@H]3O[C@H](COC(=O)c4ccccc4)[C@H](OC(=O)c4ccccc4)[C@H](OC(=O)c4ccccc4)[C@H]3OC(=O)c3ccccc3)[C@H](OC(=O)c3ccccc3)[C@@H]2OC(=O)c2ccccc2)OC)[C@H](OC(=O)c2ccccc2)[C@H](OC(=O)c2ccccc2)[C@H]1OC(=O)c1ccccc1. The fourth-order valence-corrected chi connectivity index (χ4v) is 15.9. The Morgan fingerprint density at radius 2 is 0.521 bits per heavy atom. The molecule has 0 saturated carbocycles. The molecule has 29 heteroatoms. The zero-order chi connectivity index (χ0) is 84.6. The highest BCUT2D eigenvalue weighted by Crippen LogP contribution is 2.52. The van der Waals surface area contributed by atoms with E-state index in [-0.39, 0.29) is 61.4 Å². The second kappa shape index (κ2) is 41.8. The molecule has 622 valence electrons. The highest BCUT2D eigenvalue weighted by molar-refractivity contribution is 7.99. The fraction of sp³-hybridized carbons (Fsp3) is 0.239. The summed E-state index contributed by atoms with van der Waals surface area (Å²) < 4.78 is 120. The molecule has 121 heavy (non-hydrogen) atoms. The lowest BCUT2D eigenvalue weighted by Gasteiger charge is -2.49. The summed E-state index contributed by atoms with van der Waals surface area (Å²) in [6.07, 6.45) is -28.3. The minimum absolute atomic E-state index is 0.0110. The molecule has 1 unspecified atom stereocenters. The first-order chi connectivity index (χ1) is 58.9. The van der Waals surface area contributed by atoms with Crippen molar-refractivity contribution in [1.29, 1.82) is 0 Å². The Bertz CT molecular complexity index is 5190. The van der Waals surface area contributed by atoms with Gasteiger partial charge in [0.05, 0.1) is 68.4 Å². The number of benzene rings is 10. The Morgan fingerprint density at radius 1 is 0.281 bits per heavy atom. The van der Waals surface area contributed by atoms with Crippen LogP contribution in [-0.4, -0.2) is 190 Å². The average Bonchev–Trinajstić information content (AvgIpc) is 0.756. The van der Waals surface area contributed by atoms with Crippen LogP contribution in [0.1, 0.15) is 111 Å². The Labute approximate surface area is 699 Å². The molecule has 10 aromatic rings. The van der Waals surface area contributed by atoms with Crippen LogP contribution in [0.5, 0.6) is 0 Å². The van der Waals surface area contributed by atoms with E-state index in [4.69, 9.17) is 75.4 Å². The lowest BCUT2D eigenvalue weighted by atomic mass is 9.93. The molecule has 27 nitrogen and oxygen atoms in total. The van der Waals surface area contributed by atoms with Crippen LogP contribution in [0.2, 0.25) is 0 Å². The van der Waals surface area contributed by atoms with Gasteiger partial charge in [-0.25, -0.2) is 47.9 Å². The number of carbonyl (C=O) groups is 10. The van der Waals surface area contributed by atoms with E-state index in [0.717, 1.165) is 18.9 Å². The maximum Gasteiger partial charge on any atom is 0.338 e. The second-order valence-corrected chi connectivity index (χ2v) is 31.0. The van der Waals surface area contributed by atoms with Gasteiger partial charge in [-0.2, -0.15) is 0 Å². The number of esters is 10. The van der Waals surface area contributed by atoms with Gasteiger partial charge >= 0.3 is 67.3 Å². The van der Waals surface area contributed by atoms with E-state index in [1.807, 2.05) is 0 Å². The van der Waals surface area contributed by atoms with Crippen molar-refractivity contribution in [3.63, 3.8) is 0 Å². The van der Waals surface area contributed by atoms with Gasteiger partial charge in [0.1, 0.15) is 49.2 Å². The van der Waals surface area contributed by atoms with Crippen molar-refractivity contribution >= 4 is 79.1 Å². The number of ether oxygens (including phenoxy) is 14. The van der Waals surface area contributed by atoms with Gasteiger partial charge in [-0.15, -0.1) is 11.8 Å². The molecule has 0 spiro atoms. The summed E-state index contributed by atoms with van der Waals surface area (Å²) in [5.74, 6) is -9.94. The van der Waals surface area contributed by atoms with Crippen LogP contribution < -0.4 is 0 Å². The minimum atomic E-state index is -5.03. The first-order valence-corrected chi connectivity index (χ1v) is 41.2. The molecule has 0 aliphatic carbocycles. The molecule has 0 radical (unpaired) electrons. The molecule has 16 atom stereocenters. The molecule has 3 heterocycles. The van der Waals surface area contributed by atoms with Crippen molar-refractivity contribution in [2.45, 2.75) is 98.0 Å². The Morgan fingerprint density at radius 3 is 0.818 bits per heavy atom. The normalized spacial score (nSPS) is 22.8. The predicted octanol–water partition coefficient (Wildman–Crippen LogP) is 13.7. The standard InChI is InChI=1S/C92H81O27PS/c1-3-121-92-80(118-90(102)67-52-32-13-33-53-67)78(116-88(100)65-48-28-11-29-49-65)73(112-84(96)61-40-20-7-21-41-61)70(110-92)56-107-120(103,104-2)57-71-75(113-85(97)62-42-22-8-23-43-62)76(114-86(98)63-44-24-9-25-45-63)74(68(108-71)54-105-81(93)58-34-14-4-15-35-58)119-91-79(117-89(101)66-50-30-12-31-51-66)77(115-87(99)64-46-26-10-27-47-64)72(111-83(95)60-38-18-6-19-39-60)69(109-91)55-106-82(94)59-36-16-5-17-37-59/h4-53,68-80,91-92H,3,54-57H2,1-2H3/t68-,69-,70-,71-,72+,73+,74-,75-,76+,77+,78+,79-,80-,91+,92+,120?/m1/s1. The van der Waals surface area contributed by atoms with Crippen molar-refractivity contribution in [2.24, 2.45) is 0 Å². The topological polar surface area (TPSA) is 335 Å². The van der Waals surface area contributed by atoms with Gasteiger partial charge in [0.2, 0.25) is 0 Å². The van der Waals surface area contributed by atoms with Crippen LogP contribution >= 0.6 is 19.4 Å². The zero-order valence-electron chi connectivity index (χ0n) is 64.9. The zero-order valence-corrected chi connectivity index (χ0v) is 66.7. The predicted molar refractivity (Wildman–Crippen MR) is 433 cm³/mol. The molecule has 3 aliphatic rings. The fourth-order valence-electron chi connectivity index (χ4n) is 13.4. The molecule has 0 amide bonds. The smallest absolute Gasteiger partial charge is 0.338 e. The van der Waals surface area contributed by atoms with E-state index in [1.54, 1.807) is 140 Å². The summed E-state index contributed by atoms with van der Waals surface area (Å²) in [7, 11) is -4.02. The van der Waals surface area contributed by atoms with E-state index in [1.165, 1.54) is 170 Å². The van der Waals surface area contributed by atoms with Crippen LogP contribution in [0.25, 0.3) is 0 Å². The Kier molecular flexibility index (Phi) is 29.7. The lowest BCUT2D eigenvalue weighted by molar-refractivity contribution is -0.338. The van der Waals surface area contributed by atoms with Crippen LogP contribution in [0.3, 0.4) is 0 Å². The van der Waals surface area contributed by atoms with Gasteiger partial charge < -0.3 is 75.4 Å². The molecule has 0 bridgehead atoms. The molecular weight excluding hydrogens is 1600 g/mol. The molecule has 3 aliphatic heterocycles. The van der Waals surface area contributed by atoms with Gasteiger partial charge in [0.25, 0.3) is 0 Å². The van der Waals surface area contributed by atoms with Crippen molar-refractivity contribution in [3.8, 4) is 0 Å². The number of carbonyl (C=O) groups excluding carboxylic acids is 10. The van der Waals surface area contributed by atoms with Crippen LogP contribution in [0.15, 0.2) is 303 Å². The first-order valence-electron chi connectivity index (χ1n) is 38.5. The second-order valence-electron chi connectivity index (χ2n) is 27.4. The van der Waals surface area contributed by atoms with E-state index in [2.05, 4.69) is 0 Å². The number of rotatable bonds is 32. The van der Waals surface area contributed by atoms with E-state index in [0.29, 0.717) is 0 Å². The summed E-state index contributed by atoms with van der Waals surface area (Å²) in [5, 5.41) is 0. The van der Waals surface area contributed by atoms with Crippen LogP contribution in [0.4, 0.5) is 0 Å². The Hall–Kier alpha value is -12.8. The van der Waals surface area contributed by atoms with Crippen molar-refractivity contribution < 1.29 is 128 Å². The molecular formula is C92H81O27PS. The van der Waals surface area contributed by atoms with Crippen molar-refractivity contribution in [2.75, 3.05) is 38.8 Å². The lowest BCUT2D eigenvalue weighted by Crippen LogP contribution is -2.67. The molecule has 3 saturated heterocycles. The number of hydrogen-bond donors (Lipinski definition) is 0. The quantitative estimate of drug-likeness (QED) is 0.0215. The third kappa shape index (κ3) is 22.4. The monoisotopic (exact) mass is 1680 g/mol. The molecule has 0 aromatic heterocycles. The van der Waals surface area contributed by atoms with Gasteiger partial charge in [-0.3, -0.25) is 4.57 Å².